The monoisotopic (exact) mass is 522 g/mol. The van der Waals surface area contributed by atoms with Crippen LogP contribution in [0.25, 0.3) is 0 Å². The van der Waals surface area contributed by atoms with Crippen molar-refractivity contribution in [2.45, 2.75) is 37.9 Å². The molecular formula is C23H27ClN4O6S. The van der Waals surface area contributed by atoms with Crippen molar-refractivity contribution in [2.24, 2.45) is 0 Å². The van der Waals surface area contributed by atoms with Gasteiger partial charge in [-0.3, -0.25) is 14.4 Å². The van der Waals surface area contributed by atoms with E-state index in [1.807, 2.05) is 0 Å². The van der Waals surface area contributed by atoms with E-state index in [0.717, 1.165) is 10.1 Å². The molecule has 2 aliphatic rings. The number of aliphatic hydroxyl groups excluding tert-OH is 1. The Morgan fingerprint density at radius 3 is 2.37 bits per heavy atom. The number of carbonyl (C=O) groups excluding carboxylic acids is 2. The Morgan fingerprint density at radius 2 is 1.77 bits per heavy atom. The molecule has 35 heavy (non-hydrogen) atoms. The number of pyridine rings is 1. The van der Waals surface area contributed by atoms with Gasteiger partial charge in [-0.2, -0.15) is 4.31 Å². The predicted molar refractivity (Wildman–Crippen MR) is 130 cm³/mol. The van der Waals surface area contributed by atoms with Crippen molar-refractivity contribution in [1.29, 1.82) is 0 Å². The van der Waals surface area contributed by atoms with E-state index in [4.69, 9.17) is 11.6 Å². The van der Waals surface area contributed by atoms with Crippen molar-refractivity contribution in [3.05, 3.63) is 68.6 Å². The fraction of sp³-hybridized carbons (Fsp3) is 0.435. The molecule has 2 fully saturated rings. The molecule has 188 valence electrons. The highest BCUT2D eigenvalue weighted by Crippen LogP contribution is 2.44. The number of aliphatic hydroxyl groups is 1. The van der Waals surface area contributed by atoms with Crippen LogP contribution in [-0.4, -0.2) is 65.2 Å². The van der Waals surface area contributed by atoms with Crippen LogP contribution < -0.4 is 16.2 Å². The lowest BCUT2D eigenvalue weighted by molar-refractivity contribution is 0.0920. The number of nitrogens with zero attached hydrogens (tertiary/aromatic N) is 2. The number of nitrogens with one attached hydrogen (secondary N) is 2. The van der Waals surface area contributed by atoms with E-state index in [9.17, 15) is 27.9 Å². The second-order valence-corrected chi connectivity index (χ2v) is 11.2. The van der Waals surface area contributed by atoms with Crippen LogP contribution in [0, 0.1) is 0 Å². The van der Waals surface area contributed by atoms with E-state index in [2.05, 4.69) is 10.6 Å². The van der Waals surface area contributed by atoms with Crippen LogP contribution in [0.3, 0.4) is 0 Å². The van der Waals surface area contributed by atoms with Crippen molar-refractivity contribution in [3.8, 4) is 0 Å². The molecule has 1 aromatic heterocycles. The highest BCUT2D eigenvalue weighted by Gasteiger charge is 2.54. The first kappa shape index (κ1) is 25.4. The van der Waals surface area contributed by atoms with Crippen LogP contribution in [0.2, 0.25) is 5.02 Å². The van der Waals surface area contributed by atoms with Gasteiger partial charge in [-0.05, 0) is 49.1 Å². The average Bonchev–Trinajstić information content (AvgIpc) is 3.52. The SMILES string of the molecule is O=C(NCc1ccc(Cl)cc1)c1ccc(C(=O)NCC2(N3CCCS3(=O)=O)CC2)n(CCO)c1=O. The fourth-order valence-corrected chi connectivity index (χ4v) is 6.40. The van der Waals surface area contributed by atoms with Gasteiger partial charge in [0.25, 0.3) is 17.4 Å². The summed E-state index contributed by atoms with van der Waals surface area (Å²) in [6.45, 7) is 0.158. The first-order valence-corrected chi connectivity index (χ1v) is 13.3. The summed E-state index contributed by atoms with van der Waals surface area (Å²) >= 11 is 5.86. The number of halogens is 1. The number of carbonyl (C=O) groups is 2. The van der Waals surface area contributed by atoms with Gasteiger partial charge in [-0.15, -0.1) is 0 Å². The largest absolute Gasteiger partial charge is 0.395 e. The van der Waals surface area contributed by atoms with Crippen LogP contribution in [0.15, 0.2) is 41.2 Å². The van der Waals surface area contributed by atoms with E-state index in [0.29, 0.717) is 30.8 Å². The van der Waals surface area contributed by atoms with E-state index in [1.54, 1.807) is 24.3 Å². The third-order valence-electron chi connectivity index (χ3n) is 6.37. The lowest BCUT2D eigenvalue weighted by Crippen LogP contribution is -2.47. The summed E-state index contributed by atoms with van der Waals surface area (Å²) in [7, 11) is -3.32. The zero-order chi connectivity index (χ0) is 25.2. The first-order chi connectivity index (χ1) is 16.7. The van der Waals surface area contributed by atoms with Gasteiger partial charge in [0.1, 0.15) is 11.3 Å². The smallest absolute Gasteiger partial charge is 0.268 e. The molecule has 12 heteroatoms. The second-order valence-electron chi connectivity index (χ2n) is 8.77. The third kappa shape index (κ3) is 5.43. The number of hydrogen-bond donors (Lipinski definition) is 3. The van der Waals surface area contributed by atoms with Gasteiger partial charge >= 0.3 is 0 Å². The maximum Gasteiger partial charge on any atom is 0.268 e. The molecule has 2 amide bonds. The van der Waals surface area contributed by atoms with E-state index in [-0.39, 0.29) is 36.6 Å². The maximum atomic E-state index is 13.0. The predicted octanol–water partition coefficient (Wildman–Crippen LogP) is 0.722. The highest BCUT2D eigenvalue weighted by molar-refractivity contribution is 7.89. The van der Waals surface area contributed by atoms with Crippen molar-refractivity contribution in [2.75, 3.05) is 25.4 Å². The molecule has 2 heterocycles. The molecule has 0 radical (unpaired) electrons. The van der Waals surface area contributed by atoms with Crippen LogP contribution >= 0.6 is 11.6 Å². The molecule has 1 saturated carbocycles. The minimum absolute atomic E-state index is 0.0154. The number of sulfonamides is 1. The lowest BCUT2D eigenvalue weighted by Gasteiger charge is -2.26. The van der Waals surface area contributed by atoms with Crippen molar-refractivity contribution >= 4 is 33.4 Å². The molecule has 0 unspecified atom stereocenters. The molecule has 3 N–H and O–H groups in total. The Morgan fingerprint density at radius 1 is 1.06 bits per heavy atom. The molecule has 10 nitrogen and oxygen atoms in total. The molecule has 2 aromatic rings. The van der Waals surface area contributed by atoms with Crippen LogP contribution in [-0.2, 0) is 23.1 Å². The Kier molecular flexibility index (Phi) is 7.32. The summed E-state index contributed by atoms with van der Waals surface area (Å²) in [6.07, 6.45) is 1.88. The van der Waals surface area contributed by atoms with E-state index in [1.165, 1.54) is 16.4 Å². The summed E-state index contributed by atoms with van der Waals surface area (Å²) in [5.41, 5.74) is -0.703. The van der Waals surface area contributed by atoms with Gasteiger partial charge < -0.3 is 20.3 Å². The maximum absolute atomic E-state index is 13.0. The molecule has 4 rings (SSSR count). The van der Waals surface area contributed by atoms with Crippen LogP contribution in [0.1, 0.15) is 45.7 Å². The molecule has 1 aliphatic carbocycles. The second kappa shape index (κ2) is 10.1. The Balaban J connectivity index is 1.47. The molecule has 1 aromatic carbocycles. The van der Waals surface area contributed by atoms with Gasteiger partial charge in [0, 0.05) is 31.2 Å². The molecule has 1 aliphatic heterocycles. The Hall–Kier alpha value is -2.73. The van der Waals surface area contributed by atoms with Crippen LogP contribution in [0.5, 0.6) is 0 Å². The van der Waals surface area contributed by atoms with E-state index >= 15 is 0 Å². The number of aromatic nitrogens is 1. The summed E-state index contributed by atoms with van der Waals surface area (Å²) in [5.74, 6) is -1.08. The normalized spacial score (nSPS) is 18.2. The average molecular weight is 523 g/mol. The number of hydrogen-bond acceptors (Lipinski definition) is 6. The summed E-state index contributed by atoms with van der Waals surface area (Å²) < 4.78 is 27.1. The van der Waals surface area contributed by atoms with Gasteiger partial charge in [-0.1, -0.05) is 23.7 Å². The topological polar surface area (TPSA) is 138 Å². The van der Waals surface area contributed by atoms with Crippen molar-refractivity contribution in [1.82, 2.24) is 19.5 Å². The summed E-state index contributed by atoms with van der Waals surface area (Å²) in [4.78, 5) is 38.6. The van der Waals surface area contributed by atoms with Crippen LogP contribution in [0.4, 0.5) is 0 Å². The standard InChI is InChI=1S/C23H27ClN4O6S/c24-17-4-2-16(3-5-17)14-25-20(30)18-6-7-19(27(11-12-29)22(18)32)21(31)26-15-23(8-9-23)28-10-1-13-35(28,33)34/h2-7,29H,1,8-15H2,(H,25,30)(H,26,31). The number of rotatable bonds is 9. The molecule has 0 bridgehead atoms. The zero-order valence-corrected chi connectivity index (χ0v) is 20.6. The first-order valence-electron chi connectivity index (χ1n) is 11.3. The molecular weight excluding hydrogens is 496 g/mol. The summed E-state index contributed by atoms with van der Waals surface area (Å²) in [6, 6.07) is 9.52. The van der Waals surface area contributed by atoms with Gasteiger partial charge in [0.15, 0.2) is 0 Å². The quantitative estimate of drug-likeness (QED) is 0.444. The Labute approximate surface area is 207 Å². The van der Waals surface area contributed by atoms with Gasteiger partial charge in [-0.25, -0.2) is 8.42 Å². The fourth-order valence-electron chi connectivity index (χ4n) is 4.32. The molecule has 1 saturated heterocycles. The molecule has 0 spiro atoms. The number of benzene rings is 1. The minimum atomic E-state index is -3.32. The summed E-state index contributed by atoms with van der Waals surface area (Å²) in [5, 5.41) is 15.4. The van der Waals surface area contributed by atoms with E-state index < -0.39 is 39.5 Å². The van der Waals surface area contributed by atoms with Crippen molar-refractivity contribution < 1.29 is 23.1 Å². The Bertz CT molecular complexity index is 1290. The number of amides is 2. The van der Waals surface area contributed by atoms with Gasteiger partial charge in [0.2, 0.25) is 10.0 Å². The molecule has 0 atom stereocenters. The minimum Gasteiger partial charge on any atom is -0.395 e. The third-order valence-corrected chi connectivity index (χ3v) is 8.67. The highest BCUT2D eigenvalue weighted by atomic mass is 35.5. The lowest BCUT2D eigenvalue weighted by atomic mass is 10.2. The zero-order valence-electron chi connectivity index (χ0n) is 19.0. The van der Waals surface area contributed by atoms with Crippen molar-refractivity contribution in [3.63, 3.8) is 0 Å². The van der Waals surface area contributed by atoms with Gasteiger partial charge in [0.05, 0.1) is 17.9 Å².